The SMILES string of the molecule is CCN(CC)S(=O)(=O)c1ccc(Cl)c(NC(=O)COCc2ccccc2)c1. The summed E-state index contributed by atoms with van der Waals surface area (Å²) in [4.78, 5) is 12.2. The van der Waals surface area contributed by atoms with E-state index < -0.39 is 15.9 Å². The van der Waals surface area contributed by atoms with Gasteiger partial charge in [-0.3, -0.25) is 4.79 Å². The molecule has 0 radical (unpaired) electrons. The number of sulfonamides is 1. The predicted octanol–water partition coefficient (Wildman–Crippen LogP) is 3.53. The van der Waals surface area contributed by atoms with E-state index in [2.05, 4.69) is 5.32 Å². The molecule has 0 saturated carbocycles. The van der Waals surface area contributed by atoms with Gasteiger partial charge in [0.25, 0.3) is 0 Å². The molecule has 146 valence electrons. The highest BCUT2D eigenvalue weighted by atomic mass is 35.5. The fraction of sp³-hybridized carbons (Fsp3) is 0.316. The van der Waals surface area contributed by atoms with Gasteiger partial charge in [-0.1, -0.05) is 55.8 Å². The number of hydrogen-bond acceptors (Lipinski definition) is 4. The first-order valence-corrected chi connectivity index (χ1v) is 10.4. The Bertz CT molecular complexity index is 869. The summed E-state index contributed by atoms with van der Waals surface area (Å²) in [5, 5.41) is 2.86. The normalized spacial score (nSPS) is 11.6. The number of ether oxygens (including phenoxy) is 1. The van der Waals surface area contributed by atoms with E-state index in [1.165, 1.54) is 22.5 Å². The smallest absolute Gasteiger partial charge is 0.250 e. The Morgan fingerprint density at radius 1 is 1.11 bits per heavy atom. The fourth-order valence-corrected chi connectivity index (χ4v) is 4.14. The van der Waals surface area contributed by atoms with Crippen molar-refractivity contribution in [2.24, 2.45) is 0 Å². The van der Waals surface area contributed by atoms with Crippen LogP contribution in [0.25, 0.3) is 0 Å². The second-order valence-corrected chi connectivity index (χ2v) is 8.10. The van der Waals surface area contributed by atoms with Crippen LogP contribution in [0.4, 0.5) is 5.69 Å². The molecular weight excluding hydrogens is 388 g/mol. The third-order valence-electron chi connectivity index (χ3n) is 3.90. The average molecular weight is 411 g/mol. The second kappa shape index (κ2) is 9.85. The van der Waals surface area contributed by atoms with Crippen molar-refractivity contribution in [2.45, 2.75) is 25.3 Å². The molecule has 0 fully saturated rings. The number of carbonyl (C=O) groups is 1. The van der Waals surface area contributed by atoms with Gasteiger partial charge >= 0.3 is 0 Å². The Labute approximate surface area is 165 Å². The van der Waals surface area contributed by atoms with Gasteiger partial charge in [-0.25, -0.2) is 8.42 Å². The molecule has 2 aromatic rings. The number of benzene rings is 2. The molecule has 0 unspecified atom stereocenters. The molecule has 2 aromatic carbocycles. The molecule has 0 aliphatic carbocycles. The van der Waals surface area contributed by atoms with Crippen molar-refractivity contribution in [3.8, 4) is 0 Å². The first-order chi connectivity index (χ1) is 12.9. The second-order valence-electron chi connectivity index (χ2n) is 5.76. The van der Waals surface area contributed by atoms with Crippen LogP contribution in [-0.4, -0.2) is 38.3 Å². The number of hydrogen-bond donors (Lipinski definition) is 1. The van der Waals surface area contributed by atoms with Crippen molar-refractivity contribution >= 4 is 33.2 Å². The largest absolute Gasteiger partial charge is 0.367 e. The van der Waals surface area contributed by atoms with Gasteiger partial charge in [-0.2, -0.15) is 4.31 Å². The number of nitrogens with one attached hydrogen (secondary N) is 1. The molecule has 1 N–H and O–H groups in total. The van der Waals surface area contributed by atoms with Crippen LogP contribution in [0.2, 0.25) is 5.02 Å². The molecular formula is C19H23ClN2O4S. The summed E-state index contributed by atoms with van der Waals surface area (Å²) in [6.45, 7) is 4.39. The zero-order valence-corrected chi connectivity index (χ0v) is 16.9. The van der Waals surface area contributed by atoms with Gasteiger partial charge in [0.2, 0.25) is 15.9 Å². The highest BCUT2D eigenvalue weighted by Crippen LogP contribution is 2.27. The van der Waals surface area contributed by atoms with Gasteiger partial charge < -0.3 is 10.1 Å². The lowest BCUT2D eigenvalue weighted by Crippen LogP contribution is -2.30. The summed E-state index contributed by atoms with van der Waals surface area (Å²) < 4.78 is 32.0. The van der Waals surface area contributed by atoms with Gasteiger partial charge in [-0.15, -0.1) is 0 Å². The molecule has 1 amide bonds. The van der Waals surface area contributed by atoms with E-state index in [0.717, 1.165) is 5.56 Å². The van der Waals surface area contributed by atoms with Crippen molar-refractivity contribution in [1.29, 1.82) is 0 Å². The van der Waals surface area contributed by atoms with E-state index in [4.69, 9.17) is 16.3 Å². The minimum atomic E-state index is -3.64. The summed E-state index contributed by atoms with van der Waals surface area (Å²) in [6, 6.07) is 13.7. The molecule has 0 spiro atoms. The van der Waals surface area contributed by atoms with Crippen molar-refractivity contribution in [3.63, 3.8) is 0 Å². The Morgan fingerprint density at radius 2 is 1.78 bits per heavy atom. The van der Waals surface area contributed by atoms with E-state index in [0.29, 0.717) is 19.7 Å². The van der Waals surface area contributed by atoms with Crippen molar-refractivity contribution in [2.75, 3.05) is 25.0 Å². The fourth-order valence-electron chi connectivity index (χ4n) is 2.50. The van der Waals surface area contributed by atoms with E-state index in [-0.39, 0.29) is 22.2 Å². The molecule has 0 atom stereocenters. The quantitative estimate of drug-likeness (QED) is 0.686. The topological polar surface area (TPSA) is 75.7 Å². The number of nitrogens with zero attached hydrogens (tertiary/aromatic N) is 1. The van der Waals surface area contributed by atoms with Crippen LogP contribution < -0.4 is 5.32 Å². The Kier molecular flexibility index (Phi) is 7.79. The van der Waals surface area contributed by atoms with Crippen molar-refractivity contribution in [3.05, 3.63) is 59.1 Å². The average Bonchev–Trinajstić information content (AvgIpc) is 2.65. The highest BCUT2D eigenvalue weighted by molar-refractivity contribution is 7.89. The number of anilines is 1. The molecule has 27 heavy (non-hydrogen) atoms. The van der Waals surface area contributed by atoms with E-state index in [1.807, 2.05) is 30.3 Å². The Balaban J connectivity index is 2.04. The number of rotatable bonds is 9. The van der Waals surface area contributed by atoms with E-state index in [1.54, 1.807) is 13.8 Å². The maximum Gasteiger partial charge on any atom is 0.250 e. The molecule has 6 nitrogen and oxygen atoms in total. The Hall–Kier alpha value is -1.93. The first kappa shape index (κ1) is 21.4. The van der Waals surface area contributed by atoms with Crippen LogP contribution in [0.15, 0.2) is 53.4 Å². The van der Waals surface area contributed by atoms with Crippen LogP contribution in [0.1, 0.15) is 19.4 Å². The molecule has 2 rings (SSSR count). The highest BCUT2D eigenvalue weighted by Gasteiger charge is 2.22. The lowest BCUT2D eigenvalue weighted by Gasteiger charge is -2.19. The van der Waals surface area contributed by atoms with Gasteiger partial charge in [0.15, 0.2) is 0 Å². The Morgan fingerprint density at radius 3 is 2.41 bits per heavy atom. The summed E-state index contributed by atoms with van der Waals surface area (Å²) in [5.74, 6) is -0.412. The molecule has 0 aliphatic heterocycles. The third-order valence-corrected chi connectivity index (χ3v) is 6.28. The lowest BCUT2D eigenvalue weighted by atomic mass is 10.2. The van der Waals surface area contributed by atoms with Crippen LogP contribution >= 0.6 is 11.6 Å². The lowest BCUT2D eigenvalue weighted by molar-refractivity contribution is -0.121. The van der Waals surface area contributed by atoms with Crippen LogP contribution in [0.3, 0.4) is 0 Å². The van der Waals surface area contributed by atoms with Crippen molar-refractivity contribution in [1.82, 2.24) is 4.31 Å². The standard InChI is InChI=1S/C19H23ClN2O4S/c1-3-22(4-2)27(24,25)16-10-11-17(20)18(12-16)21-19(23)14-26-13-15-8-6-5-7-9-15/h5-12H,3-4,13-14H2,1-2H3,(H,21,23). The first-order valence-electron chi connectivity index (χ1n) is 8.59. The summed E-state index contributed by atoms with van der Waals surface area (Å²) in [7, 11) is -3.64. The van der Waals surface area contributed by atoms with Crippen LogP contribution in [0, 0.1) is 0 Å². The predicted molar refractivity (Wildman–Crippen MR) is 106 cm³/mol. The number of halogens is 1. The van der Waals surface area contributed by atoms with Gasteiger partial charge in [0.1, 0.15) is 6.61 Å². The maximum absolute atomic E-state index is 12.6. The number of carbonyl (C=O) groups excluding carboxylic acids is 1. The molecule has 0 heterocycles. The minimum Gasteiger partial charge on any atom is -0.367 e. The number of amides is 1. The minimum absolute atomic E-state index is 0.0797. The summed E-state index contributed by atoms with van der Waals surface area (Å²) >= 11 is 6.10. The molecule has 0 aromatic heterocycles. The molecule has 0 saturated heterocycles. The van der Waals surface area contributed by atoms with E-state index >= 15 is 0 Å². The molecule has 0 aliphatic rings. The zero-order chi connectivity index (χ0) is 19.9. The zero-order valence-electron chi connectivity index (χ0n) is 15.3. The molecule has 8 heteroatoms. The van der Waals surface area contributed by atoms with E-state index in [9.17, 15) is 13.2 Å². The molecule has 0 bridgehead atoms. The maximum atomic E-state index is 12.6. The monoisotopic (exact) mass is 410 g/mol. The van der Waals surface area contributed by atoms with Crippen LogP contribution in [-0.2, 0) is 26.2 Å². The van der Waals surface area contributed by atoms with Gasteiger partial charge in [0.05, 0.1) is 22.2 Å². The van der Waals surface area contributed by atoms with Gasteiger partial charge in [0, 0.05) is 13.1 Å². The van der Waals surface area contributed by atoms with Gasteiger partial charge in [-0.05, 0) is 23.8 Å². The summed E-state index contributed by atoms with van der Waals surface area (Å²) in [6.07, 6.45) is 0. The summed E-state index contributed by atoms with van der Waals surface area (Å²) in [5.41, 5.74) is 1.19. The van der Waals surface area contributed by atoms with Crippen LogP contribution in [0.5, 0.6) is 0 Å². The van der Waals surface area contributed by atoms with Crippen molar-refractivity contribution < 1.29 is 17.9 Å². The third kappa shape index (κ3) is 5.77.